The van der Waals surface area contributed by atoms with Gasteiger partial charge < -0.3 is 10.0 Å². The average Bonchev–Trinajstić information content (AvgIpc) is 2.77. The fourth-order valence-electron chi connectivity index (χ4n) is 2.34. The summed E-state index contributed by atoms with van der Waals surface area (Å²) in [5.41, 5.74) is 2.40. The quantitative estimate of drug-likeness (QED) is 0.929. The summed E-state index contributed by atoms with van der Waals surface area (Å²) in [6, 6.07) is 8.28. The number of benzene rings is 1. The molecule has 2 rings (SSSR count). The van der Waals surface area contributed by atoms with E-state index in [0.29, 0.717) is 5.75 Å². The number of hydrogen-bond donors (Lipinski definition) is 1. The Bertz CT molecular complexity index is 533. The van der Waals surface area contributed by atoms with Crippen molar-refractivity contribution in [3.8, 4) is 0 Å². The lowest BCUT2D eigenvalue weighted by atomic mass is 9.86. The van der Waals surface area contributed by atoms with Crippen LogP contribution in [-0.2, 0) is 15.0 Å². The summed E-state index contributed by atoms with van der Waals surface area (Å²) < 4.78 is 0. The zero-order chi connectivity index (χ0) is 15.6. The van der Waals surface area contributed by atoms with Crippen molar-refractivity contribution in [1.82, 2.24) is 4.90 Å². The highest BCUT2D eigenvalue weighted by atomic mass is 32.2. The smallest absolute Gasteiger partial charge is 0.305 e. The highest BCUT2D eigenvalue weighted by molar-refractivity contribution is 8.00. The molecule has 114 valence electrons. The van der Waals surface area contributed by atoms with Crippen LogP contribution in [0.25, 0.3) is 0 Å². The second-order valence-corrected chi connectivity index (χ2v) is 7.33. The monoisotopic (exact) mass is 307 g/mol. The molecule has 0 saturated carbocycles. The minimum atomic E-state index is -0.874. The first kappa shape index (κ1) is 15.9. The predicted molar refractivity (Wildman–Crippen MR) is 84.3 cm³/mol. The molecular weight excluding hydrogens is 286 g/mol. The number of carbonyl (C=O) groups is 2. The van der Waals surface area contributed by atoms with Crippen LogP contribution in [0.2, 0.25) is 0 Å². The first-order chi connectivity index (χ1) is 9.79. The van der Waals surface area contributed by atoms with Crippen LogP contribution in [0.5, 0.6) is 0 Å². The number of nitrogens with zero attached hydrogens (tertiary/aromatic N) is 1. The number of rotatable bonds is 4. The lowest BCUT2D eigenvalue weighted by molar-refractivity contribution is -0.138. The summed E-state index contributed by atoms with van der Waals surface area (Å²) >= 11 is 1.56. The van der Waals surface area contributed by atoms with E-state index >= 15 is 0 Å². The number of thioether (sulfide) groups is 1. The van der Waals surface area contributed by atoms with Gasteiger partial charge in [-0.15, -0.1) is 11.8 Å². The van der Waals surface area contributed by atoms with E-state index in [-0.39, 0.29) is 29.7 Å². The normalized spacial score (nSPS) is 19.1. The molecule has 1 aromatic carbocycles. The molecule has 1 atom stereocenters. The van der Waals surface area contributed by atoms with Crippen molar-refractivity contribution in [2.24, 2.45) is 0 Å². The van der Waals surface area contributed by atoms with E-state index in [2.05, 4.69) is 32.9 Å². The molecule has 1 heterocycles. The van der Waals surface area contributed by atoms with Crippen LogP contribution in [0.4, 0.5) is 0 Å². The van der Waals surface area contributed by atoms with Crippen LogP contribution < -0.4 is 0 Å². The molecule has 0 aromatic heterocycles. The van der Waals surface area contributed by atoms with E-state index in [1.165, 1.54) is 5.56 Å². The van der Waals surface area contributed by atoms with Crippen molar-refractivity contribution >= 4 is 23.6 Å². The Labute approximate surface area is 129 Å². The Kier molecular flexibility index (Phi) is 4.61. The van der Waals surface area contributed by atoms with Gasteiger partial charge in [0.1, 0.15) is 5.37 Å². The van der Waals surface area contributed by atoms with E-state index in [1.54, 1.807) is 16.7 Å². The number of aliphatic carboxylic acids is 1. The molecule has 1 fully saturated rings. The Morgan fingerprint density at radius 1 is 1.33 bits per heavy atom. The van der Waals surface area contributed by atoms with Crippen molar-refractivity contribution in [2.45, 2.75) is 38.0 Å². The largest absolute Gasteiger partial charge is 0.481 e. The van der Waals surface area contributed by atoms with Crippen molar-refractivity contribution in [1.29, 1.82) is 0 Å². The van der Waals surface area contributed by atoms with Gasteiger partial charge in [-0.1, -0.05) is 45.0 Å². The topological polar surface area (TPSA) is 57.6 Å². The maximum atomic E-state index is 11.9. The molecule has 1 amide bonds. The lowest BCUT2D eigenvalue weighted by Gasteiger charge is -2.25. The first-order valence-electron chi connectivity index (χ1n) is 7.02. The SMILES string of the molecule is CC(C)(C)c1ccc([C@H]2SCC(=O)N2CCC(=O)O)cc1. The molecule has 4 nitrogen and oxygen atoms in total. The standard InChI is InChI=1S/C16H21NO3S/c1-16(2,3)12-6-4-11(5-7-12)15-17(9-8-14(19)20)13(18)10-21-15/h4-7,15H,8-10H2,1-3H3,(H,19,20)/t15-/m1/s1. The van der Waals surface area contributed by atoms with Crippen LogP contribution in [-0.4, -0.2) is 34.2 Å². The van der Waals surface area contributed by atoms with Crippen molar-refractivity contribution in [3.63, 3.8) is 0 Å². The third kappa shape index (κ3) is 3.79. The number of hydrogen-bond acceptors (Lipinski definition) is 3. The van der Waals surface area contributed by atoms with Gasteiger partial charge in [0.15, 0.2) is 0 Å². The minimum absolute atomic E-state index is 0.0110. The zero-order valence-electron chi connectivity index (χ0n) is 12.6. The van der Waals surface area contributed by atoms with Crippen molar-refractivity contribution in [3.05, 3.63) is 35.4 Å². The molecule has 1 aliphatic rings. The molecule has 21 heavy (non-hydrogen) atoms. The summed E-state index contributed by atoms with van der Waals surface area (Å²) in [7, 11) is 0. The Morgan fingerprint density at radius 3 is 2.48 bits per heavy atom. The van der Waals surface area contributed by atoms with Gasteiger partial charge in [-0.05, 0) is 16.5 Å². The van der Waals surface area contributed by atoms with Gasteiger partial charge in [0.05, 0.1) is 12.2 Å². The first-order valence-corrected chi connectivity index (χ1v) is 8.07. The van der Waals surface area contributed by atoms with Crippen molar-refractivity contribution < 1.29 is 14.7 Å². The molecule has 0 bridgehead atoms. The Hall–Kier alpha value is -1.49. The average molecular weight is 307 g/mol. The van der Waals surface area contributed by atoms with Gasteiger partial charge >= 0.3 is 5.97 Å². The molecule has 1 N–H and O–H groups in total. The summed E-state index contributed by atoms with van der Waals surface area (Å²) in [6.07, 6.45) is -0.0110. The molecule has 0 radical (unpaired) electrons. The highest BCUT2D eigenvalue weighted by Gasteiger charge is 2.32. The van der Waals surface area contributed by atoms with Gasteiger partial charge in [-0.2, -0.15) is 0 Å². The minimum Gasteiger partial charge on any atom is -0.481 e. The molecule has 0 unspecified atom stereocenters. The number of amides is 1. The summed E-state index contributed by atoms with van der Waals surface area (Å²) in [6.45, 7) is 6.76. The summed E-state index contributed by atoms with van der Waals surface area (Å²) in [4.78, 5) is 24.3. The summed E-state index contributed by atoms with van der Waals surface area (Å²) in [5.74, 6) is -0.432. The van der Waals surface area contributed by atoms with Gasteiger partial charge in [0.2, 0.25) is 5.91 Å². The van der Waals surface area contributed by atoms with Crippen LogP contribution in [0.15, 0.2) is 24.3 Å². The second-order valence-electron chi connectivity index (χ2n) is 6.27. The molecule has 1 aromatic rings. The third-order valence-electron chi connectivity index (χ3n) is 3.60. The maximum Gasteiger partial charge on any atom is 0.305 e. The van der Waals surface area contributed by atoms with E-state index < -0.39 is 5.97 Å². The van der Waals surface area contributed by atoms with Gasteiger partial charge in [-0.3, -0.25) is 9.59 Å². The van der Waals surface area contributed by atoms with Gasteiger partial charge in [0.25, 0.3) is 0 Å². The second kappa shape index (κ2) is 6.10. The summed E-state index contributed by atoms with van der Waals surface area (Å²) in [5, 5.41) is 8.73. The molecule has 0 aliphatic carbocycles. The van der Waals surface area contributed by atoms with Crippen molar-refractivity contribution in [2.75, 3.05) is 12.3 Å². The zero-order valence-corrected chi connectivity index (χ0v) is 13.4. The fourth-order valence-corrected chi connectivity index (χ4v) is 3.55. The Balaban J connectivity index is 2.16. The van der Waals surface area contributed by atoms with Crippen LogP contribution in [0, 0.1) is 0 Å². The van der Waals surface area contributed by atoms with Crippen LogP contribution in [0.3, 0.4) is 0 Å². The molecule has 0 spiro atoms. The van der Waals surface area contributed by atoms with Gasteiger partial charge in [-0.25, -0.2) is 0 Å². The fraction of sp³-hybridized carbons (Fsp3) is 0.500. The number of carboxylic acid groups (broad SMARTS) is 1. The molecule has 1 aliphatic heterocycles. The molecule has 1 saturated heterocycles. The lowest BCUT2D eigenvalue weighted by Crippen LogP contribution is -2.30. The van der Waals surface area contributed by atoms with E-state index in [0.717, 1.165) is 5.56 Å². The molecule has 5 heteroatoms. The van der Waals surface area contributed by atoms with Crippen LogP contribution in [0.1, 0.15) is 43.7 Å². The highest BCUT2D eigenvalue weighted by Crippen LogP contribution is 2.39. The third-order valence-corrected chi connectivity index (χ3v) is 4.85. The van der Waals surface area contributed by atoms with E-state index in [9.17, 15) is 9.59 Å². The van der Waals surface area contributed by atoms with Gasteiger partial charge in [0, 0.05) is 6.54 Å². The predicted octanol–water partition coefficient (Wildman–Crippen LogP) is 3.03. The molecular formula is C16H21NO3S. The maximum absolute atomic E-state index is 11.9. The van der Waals surface area contributed by atoms with Crippen LogP contribution >= 0.6 is 11.8 Å². The number of carbonyl (C=O) groups excluding carboxylic acids is 1. The Morgan fingerprint density at radius 2 is 1.95 bits per heavy atom. The van der Waals surface area contributed by atoms with E-state index in [4.69, 9.17) is 5.11 Å². The van der Waals surface area contributed by atoms with E-state index in [1.807, 2.05) is 12.1 Å². The number of carboxylic acids is 1.